The van der Waals surface area contributed by atoms with Crippen molar-refractivity contribution >= 4 is 5.91 Å². The fourth-order valence-electron chi connectivity index (χ4n) is 4.13. The molecule has 0 unspecified atom stereocenters. The summed E-state index contributed by atoms with van der Waals surface area (Å²) in [7, 11) is 1.63. The third kappa shape index (κ3) is 3.61. The molecule has 0 atom stereocenters. The number of aromatic nitrogens is 3. The van der Waals surface area contributed by atoms with E-state index in [2.05, 4.69) is 29.7 Å². The number of nitrogens with zero attached hydrogens (tertiary/aromatic N) is 4. The molecule has 1 amide bonds. The summed E-state index contributed by atoms with van der Waals surface area (Å²) in [6, 6.07) is 20.0. The Hall–Kier alpha value is -3.80. The van der Waals surface area contributed by atoms with Crippen molar-refractivity contribution in [2.45, 2.75) is 26.4 Å². The van der Waals surface area contributed by atoms with E-state index in [1.807, 2.05) is 64.4 Å². The minimum Gasteiger partial charge on any atom is -0.497 e. The Bertz CT molecular complexity index is 1240. The number of ether oxygens (including phenoxy) is 1. The van der Waals surface area contributed by atoms with Crippen molar-refractivity contribution in [1.29, 1.82) is 0 Å². The summed E-state index contributed by atoms with van der Waals surface area (Å²) in [4.78, 5) is 14.9. The maximum atomic E-state index is 13.0. The second-order valence-corrected chi connectivity index (χ2v) is 7.87. The lowest BCUT2D eigenvalue weighted by Gasteiger charge is -2.18. The predicted molar refractivity (Wildman–Crippen MR) is 119 cm³/mol. The molecule has 6 nitrogen and oxygen atoms in total. The second-order valence-electron chi connectivity index (χ2n) is 7.87. The van der Waals surface area contributed by atoms with Crippen LogP contribution in [0.15, 0.2) is 73.1 Å². The Kier molecular flexibility index (Phi) is 4.82. The first-order valence-corrected chi connectivity index (χ1v) is 10.3. The van der Waals surface area contributed by atoms with Gasteiger partial charge in [0.2, 0.25) is 5.91 Å². The number of aryl methyl sites for hydroxylation is 1. The number of hydrogen-bond acceptors (Lipinski definition) is 3. The molecule has 156 valence electrons. The number of carbonyl (C=O) groups excluding carboxylic acids is 1. The molecule has 0 fully saturated rings. The van der Waals surface area contributed by atoms with Gasteiger partial charge in [-0.2, -0.15) is 5.10 Å². The Morgan fingerprint density at radius 3 is 2.61 bits per heavy atom. The molecule has 31 heavy (non-hydrogen) atoms. The van der Waals surface area contributed by atoms with Gasteiger partial charge in [0.15, 0.2) is 0 Å². The lowest BCUT2D eigenvalue weighted by Crippen LogP contribution is -2.27. The highest BCUT2D eigenvalue weighted by Crippen LogP contribution is 2.31. The second kappa shape index (κ2) is 7.80. The number of methoxy groups -OCH3 is 1. The average molecular weight is 412 g/mol. The first-order chi connectivity index (χ1) is 15.1. The number of rotatable bonds is 5. The predicted octanol–water partition coefficient (Wildman–Crippen LogP) is 4.06. The van der Waals surface area contributed by atoms with Crippen LogP contribution in [0.1, 0.15) is 22.4 Å². The zero-order valence-corrected chi connectivity index (χ0v) is 17.7. The van der Waals surface area contributed by atoms with Gasteiger partial charge in [-0.3, -0.25) is 4.79 Å². The number of hydrogen-bond donors (Lipinski definition) is 0. The fourth-order valence-corrected chi connectivity index (χ4v) is 4.13. The smallest absolute Gasteiger partial charge is 0.227 e. The van der Waals surface area contributed by atoms with Crippen LogP contribution in [0.25, 0.3) is 11.5 Å². The Morgan fingerprint density at radius 2 is 1.84 bits per heavy atom. The molecule has 0 saturated carbocycles. The number of benzene rings is 2. The summed E-state index contributed by atoms with van der Waals surface area (Å²) in [5, 5.41) is 4.91. The van der Waals surface area contributed by atoms with Crippen LogP contribution in [0.2, 0.25) is 0 Å². The summed E-state index contributed by atoms with van der Waals surface area (Å²) in [6.07, 6.45) is 4.38. The van der Waals surface area contributed by atoms with Crippen molar-refractivity contribution in [2.75, 3.05) is 7.11 Å². The van der Waals surface area contributed by atoms with E-state index in [-0.39, 0.29) is 5.91 Å². The third-order valence-electron chi connectivity index (χ3n) is 5.67. The molecular weight excluding hydrogens is 388 g/mol. The van der Waals surface area contributed by atoms with Gasteiger partial charge in [-0.25, -0.2) is 4.68 Å². The molecule has 1 aliphatic rings. The van der Waals surface area contributed by atoms with Gasteiger partial charge >= 0.3 is 0 Å². The van der Waals surface area contributed by atoms with E-state index in [0.29, 0.717) is 19.5 Å². The van der Waals surface area contributed by atoms with Gasteiger partial charge in [-0.15, -0.1) is 0 Å². The van der Waals surface area contributed by atoms with E-state index in [0.717, 1.165) is 34.1 Å². The van der Waals surface area contributed by atoms with E-state index < -0.39 is 0 Å². The lowest BCUT2D eigenvalue weighted by atomic mass is 10.1. The first-order valence-electron chi connectivity index (χ1n) is 10.3. The zero-order valence-electron chi connectivity index (χ0n) is 17.7. The molecule has 3 heterocycles. The monoisotopic (exact) mass is 412 g/mol. The third-order valence-corrected chi connectivity index (χ3v) is 5.67. The number of amides is 1. The average Bonchev–Trinajstić information content (AvgIpc) is 3.50. The van der Waals surface area contributed by atoms with Gasteiger partial charge in [0, 0.05) is 18.0 Å². The Balaban J connectivity index is 1.45. The molecule has 0 N–H and O–H groups in total. The topological polar surface area (TPSA) is 52.3 Å². The summed E-state index contributed by atoms with van der Waals surface area (Å²) < 4.78 is 9.34. The minimum atomic E-state index is 0.0896. The van der Waals surface area contributed by atoms with E-state index in [4.69, 9.17) is 9.84 Å². The van der Waals surface area contributed by atoms with Gasteiger partial charge in [-0.05, 0) is 54.4 Å². The van der Waals surface area contributed by atoms with Gasteiger partial charge in [0.1, 0.15) is 11.6 Å². The molecule has 4 aromatic rings. The summed E-state index contributed by atoms with van der Waals surface area (Å²) >= 11 is 0. The SMILES string of the molecule is COc1cccc(CC(=O)N2Cc3nn(-c4cccc(C)c4)c(-n4cccc4)c3C2)c1. The molecule has 0 bridgehead atoms. The van der Waals surface area contributed by atoms with E-state index in [1.165, 1.54) is 5.56 Å². The largest absolute Gasteiger partial charge is 0.497 e. The minimum absolute atomic E-state index is 0.0896. The zero-order chi connectivity index (χ0) is 21.4. The highest BCUT2D eigenvalue weighted by atomic mass is 16.5. The van der Waals surface area contributed by atoms with Crippen LogP contribution in [0.3, 0.4) is 0 Å². The summed E-state index contributed by atoms with van der Waals surface area (Å²) in [5.74, 6) is 1.84. The van der Waals surface area contributed by atoms with Crippen LogP contribution in [-0.2, 0) is 24.3 Å². The van der Waals surface area contributed by atoms with E-state index >= 15 is 0 Å². The van der Waals surface area contributed by atoms with Gasteiger partial charge in [0.05, 0.1) is 38.0 Å². The Labute approximate surface area is 181 Å². The fraction of sp³-hybridized carbons (Fsp3) is 0.200. The van der Waals surface area contributed by atoms with Crippen LogP contribution >= 0.6 is 0 Å². The molecule has 2 aromatic heterocycles. The van der Waals surface area contributed by atoms with Crippen molar-refractivity contribution in [3.8, 4) is 17.3 Å². The maximum absolute atomic E-state index is 13.0. The van der Waals surface area contributed by atoms with Crippen molar-refractivity contribution in [1.82, 2.24) is 19.2 Å². The van der Waals surface area contributed by atoms with E-state index in [9.17, 15) is 4.79 Å². The molecule has 0 radical (unpaired) electrons. The van der Waals surface area contributed by atoms with Crippen LogP contribution in [0.4, 0.5) is 0 Å². The summed E-state index contributed by atoms with van der Waals surface area (Å²) in [5.41, 5.74) is 5.19. The molecule has 2 aromatic carbocycles. The van der Waals surface area contributed by atoms with Crippen molar-refractivity contribution in [3.63, 3.8) is 0 Å². The normalized spacial score (nSPS) is 12.8. The lowest BCUT2D eigenvalue weighted by molar-refractivity contribution is -0.131. The van der Waals surface area contributed by atoms with Crippen molar-refractivity contribution in [3.05, 3.63) is 95.4 Å². The van der Waals surface area contributed by atoms with Gasteiger partial charge in [-0.1, -0.05) is 24.3 Å². The molecule has 0 saturated heterocycles. The first kappa shape index (κ1) is 19.2. The molecular formula is C25H24N4O2. The highest BCUT2D eigenvalue weighted by Gasteiger charge is 2.31. The quantitative estimate of drug-likeness (QED) is 0.497. The van der Waals surface area contributed by atoms with E-state index in [1.54, 1.807) is 7.11 Å². The molecule has 5 rings (SSSR count). The van der Waals surface area contributed by atoms with Crippen molar-refractivity contribution < 1.29 is 9.53 Å². The van der Waals surface area contributed by atoms with Gasteiger partial charge < -0.3 is 14.2 Å². The molecule has 1 aliphatic heterocycles. The number of fused-ring (bicyclic) bond motifs is 1. The standard InChI is InChI=1S/C25H24N4O2/c1-18-7-5-9-20(13-18)29-25(27-11-3-4-12-27)22-16-28(17-23(22)26-29)24(30)15-19-8-6-10-21(14-19)31-2/h3-14H,15-17H2,1-2H3. The maximum Gasteiger partial charge on any atom is 0.227 e. The molecule has 0 spiro atoms. The molecule has 0 aliphatic carbocycles. The Morgan fingerprint density at radius 1 is 1.03 bits per heavy atom. The highest BCUT2D eigenvalue weighted by molar-refractivity contribution is 5.79. The van der Waals surface area contributed by atoms with Crippen LogP contribution in [0.5, 0.6) is 5.75 Å². The van der Waals surface area contributed by atoms with Crippen molar-refractivity contribution in [2.24, 2.45) is 0 Å². The summed E-state index contributed by atoms with van der Waals surface area (Å²) in [6.45, 7) is 3.15. The van der Waals surface area contributed by atoms with Gasteiger partial charge in [0.25, 0.3) is 0 Å². The van der Waals surface area contributed by atoms with Crippen LogP contribution in [-0.4, -0.2) is 32.3 Å². The van der Waals surface area contributed by atoms with Crippen LogP contribution in [0, 0.1) is 6.92 Å². The number of carbonyl (C=O) groups is 1. The van der Waals surface area contributed by atoms with Crippen LogP contribution < -0.4 is 4.74 Å². The molecule has 6 heteroatoms.